The predicted molar refractivity (Wildman–Crippen MR) is 77.6 cm³/mol. The lowest BCUT2D eigenvalue weighted by Gasteiger charge is -2.16. The molecule has 2 fully saturated rings. The molecule has 0 spiro atoms. The summed E-state index contributed by atoms with van der Waals surface area (Å²) in [5.74, 6) is 0.872. The van der Waals surface area contributed by atoms with Gasteiger partial charge in [-0.25, -0.2) is 4.79 Å². The molecule has 0 aromatic rings. The standard InChI is InChI=1S/C13H21N3O3S/c1-8(17)6-14-11(18)5-3-2-4-10-12-9(7-20-10)15-13(19)16-12/h9-10,12H,2-7H2,1H3,(H,14,18)(H2,15,16,19)/t9-,10-,12-/m0/s1. The van der Waals surface area contributed by atoms with Gasteiger partial charge in [-0.2, -0.15) is 11.8 Å². The first-order valence-electron chi connectivity index (χ1n) is 7.01. The van der Waals surface area contributed by atoms with Crippen LogP contribution in [0.4, 0.5) is 4.79 Å². The van der Waals surface area contributed by atoms with Crippen LogP contribution in [0.3, 0.4) is 0 Å². The van der Waals surface area contributed by atoms with Crippen LogP contribution in [0.15, 0.2) is 0 Å². The molecule has 2 saturated heterocycles. The zero-order chi connectivity index (χ0) is 14.5. The number of Topliss-reactive ketones (excluding diaryl/α,β-unsaturated/α-hetero) is 1. The lowest BCUT2D eigenvalue weighted by Crippen LogP contribution is -2.36. The highest BCUT2D eigenvalue weighted by atomic mass is 32.2. The first kappa shape index (κ1) is 15.2. The van der Waals surface area contributed by atoms with E-state index in [1.54, 1.807) is 0 Å². The number of amides is 3. The molecule has 3 N–H and O–H groups in total. The molecule has 2 rings (SSSR count). The highest BCUT2D eigenvalue weighted by molar-refractivity contribution is 8.00. The normalized spacial score (nSPS) is 27.6. The molecule has 0 unspecified atom stereocenters. The molecule has 0 bridgehead atoms. The molecule has 7 heteroatoms. The zero-order valence-electron chi connectivity index (χ0n) is 11.6. The summed E-state index contributed by atoms with van der Waals surface area (Å²) in [5, 5.41) is 8.91. The number of fused-ring (bicyclic) bond motifs is 1. The first-order valence-corrected chi connectivity index (χ1v) is 8.06. The largest absolute Gasteiger partial charge is 0.349 e. The van der Waals surface area contributed by atoms with E-state index in [1.807, 2.05) is 11.8 Å². The van der Waals surface area contributed by atoms with Gasteiger partial charge >= 0.3 is 6.03 Å². The van der Waals surface area contributed by atoms with Crippen molar-refractivity contribution in [3.05, 3.63) is 0 Å². The van der Waals surface area contributed by atoms with E-state index in [4.69, 9.17) is 0 Å². The number of nitrogens with one attached hydrogen (secondary N) is 3. The van der Waals surface area contributed by atoms with E-state index in [2.05, 4.69) is 16.0 Å². The van der Waals surface area contributed by atoms with Gasteiger partial charge in [0.15, 0.2) is 0 Å². The van der Waals surface area contributed by atoms with Gasteiger partial charge < -0.3 is 16.0 Å². The molecule has 2 aliphatic rings. The number of thioether (sulfide) groups is 1. The van der Waals surface area contributed by atoms with Gasteiger partial charge in [0.25, 0.3) is 0 Å². The van der Waals surface area contributed by atoms with Crippen molar-refractivity contribution in [2.75, 3.05) is 12.3 Å². The van der Waals surface area contributed by atoms with Crippen molar-refractivity contribution in [1.82, 2.24) is 16.0 Å². The van der Waals surface area contributed by atoms with Crippen molar-refractivity contribution < 1.29 is 14.4 Å². The molecule has 3 amide bonds. The maximum atomic E-state index is 11.4. The Labute approximate surface area is 122 Å². The number of rotatable bonds is 7. The van der Waals surface area contributed by atoms with E-state index in [0.717, 1.165) is 25.0 Å². The minimum absolute atomic E-state index is 0.0313. The fraction of sp³-hybridized carbons (Fsp3) is 0.769. The van der Waals surface area contributed by atoms with Crippen molar-refractivity contribution in [2.24, 2.45) is 0 Å². The van der Waals surface area contributed by atoms with Crippen LogP contribution < -0.4 is 16.0 Å². The Bertz CT molecular complexity index is 402. The van der Waals surface area contributed by atoms with Crippen LogP contribution in [-0.4, -0.2) is 47.4 Å². The third-order valence-corrected chi connectivity index (χ3v) is 5.12. The maximum Gasteiger partial charge on any atom is 0.315 e. The molecule has 2 heterocycles. The summed E-state index contributed by atoms with van der Waals surface area (Å²) >= 11 is 1.89. The predicted octanol–water partition coefficient (Wildman–Crippen LogP) is 0.417. The lowest BCUT2D eigenvalue weighted by atomic mass is 10.0. The molecular formula is C13H21N3O3S. The summed E-state index contributed by atoms with van der Waals surface area (Å²) in [7, 11) is 0. The van der Waals surface area contributed by atoms with Crippen LogP contribution in [0, 0.1) is 0 Å². The van der Waals surface area contributed by atoms with Crippen LogP contribution >= 0.6 is 11.8 Å². The van der Waals surface area contributed by atoms with Crippen LogP contribution in [0.25, 0.3) is 0 Å². The van der Waals surface area contributed by atoms with Gasteiger partial charge in [0.1, 0.15) is 5.78 Å². The summed E-state index contributed by atoms with van der Waals surface area (Å²) in [5.41, 5.74) is 0. The molecule has 112 valence electrons. The van der Waals surface area contributed by atoms with Gasteiger partial charge in [-0.15, -0.1) is 0 Å². The average Bonchev–Trinajstić information content (AvgIpc) is 2.92. The van der Waals surface area contributed by atoms with Crippen LogP contribution in [0.1, 0.15) is 32.6 Å². The second-order valence-corrected chi connectivity index (χ2v) is 6.62. The van der Waals surface area contributed by atoms with Gasteiger partial charge in [-0.1, -0.05) is 6.42 Å². The van der Waals surface area contributed by atoms with Crippen molar-refractivity contribution in [3.8, 4) is 0 Å². The lowest BCUT2D eigenvalue weighted by molar-refractivity contribution is -0.124. The summed E-state index contributed by atoms with van der Waals surface area (Å²) in [6, 6.07) is 0.435. The molecule has 3 atom stereocenters. The van der Waals surface area contributed by atoms with E-state index in [0.29, 0.717) is 11.7 Å². The monoisotopic (exact) mass is 299 g/mol. The van der Waals surface area contributed by atoms with Crippen LogP contribution in [0.5, 0.6) is 0 Å². The molecule has 0 aromatic heterocycles. The number of urea groups is 1. The smallest absolute Gasteiger partial charge is 0.315 e. The number of carbonyl (C=O) groups is 3. The Morgan fingerprint density at radius 2 is 2.15 bits per heavy atom. The SMILES string of the molecule is CC(=O)CNC(=O)CCCC[C@@H]1SC[C@@H]2NC(=O)N[C@@H]21. The molecule has 0 aliphatic carbocycles. The summed E-state index contributed by atoms with van der Waals surface area (Å²) in [6.07, 6.45) is 3.25. The number of hydrogen-bond donors (Lipinski definition) is 3. The Kier molecular flexibility index (Phi) is 5.28. The van der Waals surface area contributed by atoms with Crippen LogP contribution in [0.2, 0.25) is 0 Å². The van der Waals surface area contributed by atoms with Crippen molar-refractivity contribution in [3.63, 3.8) is 0 Å². The molecule has 6 nitrogen and oxygen atoms in total. The van der Waals surface area contributed by atoms with Crippen molar-refractivity contribution in [1.29, 1.82) is 0 Å². The van der Waals surface area contributed by atoms with Crippen LogP contribution in [-0.2, 0) is 9.59 Å². The number of hydrogen-bond acceptors (Lipinski definition) is 4. The second-order valence-electron chi connectivity index (χ2n) is 5.35. The third kappa shape index (κ3) is 4.13. The highest BCUT2D eigenvalue weighted by Crippen LogP contribution is 2.33. The minimum Gasteiger partial charge on any atom is -0.349 e. The molecule has 20 heavy (non-hydrogen) atoms. The second kappa shape index (κ2) is 6.97. The van der Waals surface area contributed by atoms with Gasteiger partial charge in [-0.3, -0.25) is 9.59 Å². The molecule has 0 aromatic carbocycles. The number of ketones is 1. The quantitative estimate of drug-likeness (QED) is 0.469. The van der Waals surface area contributed by atoms with E-state index < -0.39 is 0 Å². The minimum atomic E-state index is -0.0620. The maximum absolute atomic E-state index is 11.4. The fourth-order valence-electron chi connectivity index (χ4n) is 2.59. The van der Waals surface area contributed by atoms with E-state index >= 15 is 0 Å². The molecule has 0 radical (unpaired) electrons. The first-order chi connectivity index (χ1) is 9.56. The fourth-order valence-corrected chi connectivity index (χ4v) is 4.13. The topological polar surface area (TPSA) is 87.3 Å². The molecule has 0 saturated carbocycles. The number of unbranched alkanes of at least 4 members (excludes halogenated alkanes) is 1. The van der Waals surface area contributed by atoms with Gasteiger partial charge in [0, 0.05) is 17.4 Å². The molecular weight excluding hydrogens is 278 g/mol. The van der Waals surface area contributed by atoms with E-state index in [1.165, 1.54) is 6.92 Å². The van der Waals surface area contributed by atoms with Gasteiger partial charge in [0.2, 0.25) is 5.91 Å². The zero-order valence-corrected chi connectivity index (χ0v) is 12.4. The van der Waals surface area contributed by atoms with Crippen molar-refractivity contribution >= 4 is 29.5 Å². The van der Waals surface area contributed by atoms with E-state index in [9.17, 15) is 14.4 Å². The summed E-state index contributed by atoms with van der Waals surface area (Å²) < 4.78 is 0. The summed E-state index contributed by atoms with van der Waals surface area (Å²) in [4.78, 5) is 33.4. The van der Waals surface area contributed by atoms with Crippen molar-refractivity contribution in [2.45, 2.75) is 49.9 Å². The highest BCUT2D eigenvalue weighted by Gasteiger charge is 2.42. The van der Waals surface area contributed by atoms with Gasteiger partial charge in [-0.05, 0) is 19.8 Å². The Hall–Kier alpha value is -1.24. The average molecular weight is 299 g/mol. The Balaban J connectivity index is 1.58. The third-order valence-electron chi connectivity index (χ3n) is 3.62. The van der Waals surface area contributed by atoms with Gasteiger partial charge in [0.05, 0.1) is 18.6 Å². The Morgan fingerprint density at radius 1 is 1.35 bits per heavy atom. The molecule has 2 aliphatic heterocycles. The van der Waals surface area contributed by atoms with E-state index in [-0.39, 0.29) is 36.3 Å². The Morgan fingerprint density at radius 3 is 2.90 bits per heavy atom. The summed E-state index contributed by atoms with van der Waals surface area (Å²) in [6.45, 7) is 1.58. The number of carbonyl (C=O) groups excluding carboxylic acids is 3.